The van der Waals surface area contributed by atoms with Crippen LogP contribution in [-0.4, -0.2) is 60.2 Å². The normalized spacial score (nSPS) is 17.5. The number of nitrogens with one attached hydrogen (secondary N) is 2. The van der Waals surface area contributed by atoms with Crippen molar-refractivity contribution in [1.82, 2.24) is 15.1 Å². The molecule has 1 aromatic carbocycles. The zero-order valence-corrected chi connectivity index (χ0v) is 18.9. The highest BCUT2D eigenvalue weighted by molar-refractivity contribution is 6.04. The second-order valence-corrected chi connectivity index (χ2v) is 8.79. The Morgan fingerprint density at radius 2 is 1.70 bits per heavy atom. The number of hydrogen-bond acceptors (Lipinski definition) is 5. The van der Waals surface area contributed by atoms with Crippen LogP contribution in [0.5, 0.6) is 0 Å². The van der Waals surface area contributed by atoms with Crippen LogP contribution in [0.1, 0.15) is 48.2 Å². The molecule has 2 aliphatic rings. The van der Waals surface area contributed by atoms with Crippen molar-refractivity contribution < 1.29 is 18.8 Å². The maximum absolute atomic E-state index is 12.7. The second kappa shape index (κ2) is 11.1. The Labute approximate surface area is 194 Å². The average Bonchev–Trinajstić information content (AvgIpc) is 3.37. The molecule has 0 unspecified atom stereocenters. The van der Waals surface area contributed by atoms with Gasteiger partial charge in [-0.1, -0.05) is 31.4 Å². The zero-order valence-electron chi connectivity index (χ0n) is 18.9. The maximum Gasteiger partial charge on any atom is 0.253 e. The van der Waals surface area contributed by atoms with Gasteiger partial charge in [-0.05, 0) is 37.1 Å². The molecule has 1 aliphatic heterocycles. The molecule has 0 radical (unpaired) electrons. The number of para-hydroxylation sites is 1. The molecule has 1 saturated carbocycles. The van der Waals surface area contributed by atoms with Gasteiger partial charge in [-0.15, -0.1) is 0 Å². The Kier molecular flexibility index (Phi) is 7.78. The molecule has 2 fully saturated rings. The quantitative estimate of drug-likeness (QED) is 0.674. The van der Waals surface area contributed by atoms with Gasteiger partial charge in [0, 0.05) is 32.1 Å². The standard InChI is InChI=1S/C25H32N4O4/c30-23(18-28-12-14-29(15-13-28)25(32)19-7-2-1-3-8-19)27-22-11-5-4-10-21(22)24(31)26-17-20-9-6-16-33-20/h4-6,9-11,16,19H,1-3,7-8,12-15,17-18H2,(H,26,31)(H,27,30). The van der Waals surface area contributed by atoms with Crippen molar-refractivity contribution in [2.75, 3.05) is 38.0 Å². The number of benzene rings is 1. The predicted octanol–water partition coefficient (Wildman–Crippen LogP) is 2.87. The lowest BCUT2D eigenvalue weighted by Crippen LogP contribution is -2.52. The molecule has 8 heteroatoms. The van der Waals surface area contributed by atoms with E-state index >= 15 is 0 Å². The Bertz CT molecular complexity index is 945. The summed E-state index contributed by atoms with van der Waals surface area (Å²) in [6.07, 6.45) is 7.12. The molecule has 2 aromatic rings. The van der Waals surface area contributed by atoms with E-state index < -0.39 is 0 Å². The first-order valence-electron chi connectivity index (χ1n) is 11.8. The SMILES string of the molecule is O=C(CN1CCN(C(=O)C2CCCCC2)CC1)Nc1ccccc1C(=O)NCc1ccco1. The minimum absolute atomic E-state index is 0.173. The van der Waals surface area contributed by atoms with Crippen molar-refractivity contribution in [3.05, 3.63) is 54.0 Å². The highest BCUT2D eigenvalue weighted by Crippen LogP contribution is 2.26. The summed E-state index contributed by atoms with van der Waals surface area (Å²) in [5, 5.41) is 5.68. The topological polar surface area (TPSA) is 94.9 Å². The van der Waals surface area contributed by atoms with Gasteiger partial charge >= 0.3 is 0 Å². The van der Waals surface area contributed by atoms with Crippen LogP contribution in [0.2, 0.25) is 0 Å². The summed E-state index contributed by atoms with van der Waals surface area (Å²) in [5.41, 5.74) is 0.880. The molecule has 3 amide bonds. The molecule has 1 aromatic heterocycles. The zero-order chi connectivity index (χ0) is 23.0. The van der Waals surface area contributed by atoms with E-state index in [0.29, 0.717) is 43.2 Å². The van der Waals surface area contributed by atoms with Crippen molar-refractivity contribution in [2.24, 2.45) is 5.92 Å². The number of nitrogens with zero attached hydrogens (tertiary/aromatic N) is 2. The van der Waals surface area contributed by atoms with Crippen LogP contribution >= 0.6 is 0 Å². The molecular formula is C25H32N4O4. The first-order chi connectivity index (χ1) is 16.1. The maximum atomic E-state index is 12.7. The number of piperazine rings is 1. The van der Waals surface area contributed by atoms with Crippen LogP contribution in [-0.2, 0) is 16.1 Å². The fourth-order valence-corrected chi connectivity index (χ4v) is 4.59. The van der Waals surface area contributed by atoms with Crippen molar-refractivity contribution in [3.63, 3.8) is 0 Å². The Hall–Kier alpha value is -3.13. The number of rotatable bonds is 7. The number of furan rings is 1. The van der Waals surface area contributed by atoms with E-state index in [-0.39, 0.29) is 36.7 Å². The van der Waals surface area contributed by atoms with Crippen molar-refractivity contribution in [3.8, 4) is 0 Å². The van der Waals surface area contributed by atoms with Gasteiger partial charge in [0.1, 0.15) is 5.76 Å². The van der Waals surface area contributed by atoms with Crippen molar-refractivity contribution in [2.45, 2.75) is 38.6 Å². The van der Waals surface area contributed by atoms with Crippen LogP contribution in [0.4, 0.5) is 5.69 Å². The molecule has 2 N–H and O–H groups in total. The summed E-state index contributed by atoms with van der Waals surface area (Å²) in [7, 11) is 0. The summed E-state index contributed by atoms with van der Waals surface area (Å²) in [6, 6.07) is 10.5. The number of amides is 3. The fourth-order valence-electron chi connectivity index (χ4n) is 4.59. The molecule has 8 nitrogen and oxygen atoms in total. The van der Waals surface area contributed by atoms with E-state index in [1.54, 1.807) is 42.7 Å². The second-order valence-electron chi connectivity index (χ2n) is 8.79. The van der Waals surface area contributed by atoms with Gasteiger partial charge in [0.25, 0.3) is 5.91 Å². The molecule has 0 atom stereocenters. The number of hydrogen-bond donors (Lipinski definition) is 2. The van der Waals surface area contributed by atoms with E-state index in [9.17, 15) is 14.4 Å². The third-order valence-electron chi connectivity index (χ3n) is 6.45. The van der Waals surface area contributed by atoms with Crippen LogP contribution < -0.4 is 10.6 Å². The lowest BCUT2D eigenvalue weighted by Gasteiger charge is -2.36. The largest absolute Gasteiger partial charge is 0.467 e. The van der Waals surface area contributed by atoms with Gasteiger partial charge in [0.05, 0.1) is 30.6 Å². The lowest BCUT2D eigenvalue weighted by atomic mass is 9.88. The smallest absolute Gasteiger partial charge is 0.253 e. The van der Waals surface area contributed by atoms with E-state index in [1.807, 2.05) is 4.90 Å². The molecule has 0 bridgehead atoms. The van der Waals surface area contributed by atoms with Crippen LogP contribution in [0.3, 0.4) is 0 Å². The molecule has 0 spiro atoms. The van der Waals surface area contributed by atoms with Gasteiger partial charge < -0.3 is 20.0 Å². The first kappa shape index (κ1) is 23.0. The van der Waals surface area contributed by atoms with E-state index in [0.717, 1.165) is 25.7 Å². The van der Waals surface area contributed by atoms with Crippen molar-refractivity contribution in [1.29, 1.82) is 0 Å². The molecule has 176 valence electrons. The monoisotopic (exact) mass is 452 g/mol. The van der Waals surface area contributed by atoms with Crippen LogP contribution in [0, 0.1) is 5.92 Å². The minimum atomic E-state index is -0.280. The molecular weight excluding hydrogens is 420 g/mol. The Morgan fingerprint density at radius 1 is 0.939 bits per heavy atom. The van der Waals surface area contributed by atoms with Gasteiger partial charge in [-0.25, -0.2) is 0 Å². The molecule has 1 aliphatic carbocycles. The lowest BCUT2D eigenvalue weighted by molar-refractivity contribution is -0.138. The van der Waals surface area contributed by atoms with E-state index in [4.69, 9.17) is 4.42 Å². The van der Waals surface area contributed by atoms with E-state index in [2.05, 4.69) is 15.5 Å². The molecule has 1 saturated heterocycles. The summed E-state index contributed by atoms with van der Waals surface area (Å²) in [4.78, 5) is 42.0. The highest BCUT2D eigenvalue weighted by Gasteiger charge is 2.29. The van der Waals surface area contributed by atoms with Crippen LogP contribution in [0.25, 0.3) is 0 Å². The van der Waals surface area contributed by atoms with Crippen LogP contribution in [0.15, 0.2) is 47.1 Å². The number of anilines is 1. The molecule has 33 heavy (non-hydrogen) atoms. The summed E-state index contributed by atoms with van der Waals surface area (Å²) >= 11 is 0. The number of carbonyl (C=O) groups excluding carboxylic acids is 3. The Balaban J connectivity index is 1.25. The predicted molar refractivity (Wildman–Crippen MR) is 125 cm³/mol. The fraction of sp³-hybridized carbons (Fsp3) is 0.480. The van der Waals surface area contributed by atoms with Gasteiger partial charge in [0.15, 0.2) is 0 Å². The van der Waals surface area contributed by atoms with Gasteiger partial charge in [-0.3, -0.25) is 19.3 Å². The van der Waals surface area contributed by atoms with Crippen molar-refractivity contribution >= 4 is 23.4 Å². The molecule has 2 heterocycles. The summed E-state index contributed by atoms with van der Waals surface area (Å²) in [6.45, 7) is 3.18. The summed E-state index contributed by atoms with van der Waals surface area (Å²) < 4.78 is 5.24. The minimum Gasteiger partial charge on any atom is -0.467 e. The van der Waals surface area contributed by atoms with Gasteiger partial charge in [0.2, 0.25) is 11.8 Å². The van der Waals surface area contributed by atoms with Gasteiger partial charge in [-0.2, -0.15) is 0 Å². The van der Waals surface area contributed by atoms with E-state index in [1.165, 1.54) is 6.42 Å². The third kappa shape index (κ3) is 6.22. The summed E-state index contributed by atoms with van der Waals surface area (Å²) in [5.74, 6) is 0.675. The third-order valence-corrected chi connectivity index (χ3v) is 6.45. The first-order valence-corrected chi connectivity index (χ1v) is 11.8. The average molecular weight is 453 g/mol. The highest BCUT2D eigenvalue weighted by atomic mass is 16.3. The Morgan fingerprint density at radius 3 is 2.42 bits per heavy atom. The number of carbonyl (C=O) groups is 3. The molecule has 4 rings (SSSR count).